The molecule has 38 nitrogen and oxygen atoms in total. The molecule has 2 fully saturated rings. The van der Waals surface area contributed by atoms with Crippen LogP contribution in [0.3, 0.4) is 0 Å². The molecule has 10 rings (SSSR count). The maximum Gasteiger partial charge on any atom is 0.514 e. The van der Waals surface area contributed by atoms with E-state index in [4.69, 9.17) is 80.8 Å². The molecular weight excluding hydrogens is 1730 g/mol. The van der Waals surface area contributed by atoms with Gasteiger partial charge in [0, 0.05) is 90.4 Å². The molecule has 2 aliphatic carbocycles. The van der Waals surface area contributed by atoms with Crippen molar-refractivity contribution in [1.82, 2.24) is 25.9 Å². The maximum absolute atomic E-state index is 14.1. The number of carboxylic acids is 1. The molecule has 3 amide bonds. The molecule has 0 spiro atoms. The number of ketones is 1. The third-order valence-electron chi connectivity index (χ3n) is 18.3. The zero-order valence-electron chi connectivity index (χ0n) is 75.5. The number of anilines is 2. The number of nitro groups is 1. The normalized spacial score (nSPS) is 12.0. The van der Waals surface area contributed by atoms with Crippen LogP contribution >= 0.6 is 0 Å². The third-order valence-corrected chi connectivity index (χ3v) is 18.3. The minimum absolute atomic E-state index is 0.00866. The number of nitro benzene ring substituents is 1. The van der Waals surface area contributed by atoms with Gasteiger partial charge in [-0.15, -0.1) is 0 Å². The summed E-state index contributed by atoms with van der Waals surface area (Å²) < 4.78 is 50.0. The summed E-state index contributed by atoms with van der Waals surface area (Å²) in [4.78, 5) is 155. The number of alkyl carbamates (subject to hydrolysis) is 1. The number of ether oxygens (including phenoxy) is 10. The number of nitrogen functional groups attached to an aromatic ring is 3. The van der Waals surface area contributed by atoms with E-state index >= 15 is 0 Å². The molecule has 706 valence electrons. The lowest BCUT2D eigenvalue weighted by atomic mass is 9.89. The summed E-state index contributed by atoms with van der Waals surface area (Å²) in [7, 11) is 0. The van der Waals surface area contributed by atoms with E-state index in [2.05, 4.69) is 39.1 Å². The SMILES string of the molecule is C=Cc1cc(C(=O)Cc2ccc(C(=N)CC(=O)OC(C)C)cc2)c(-c2ccc(C(=O)NCC3CC3)nc2C(=O)OC(C)OC(=O)OC(C)C)cc1CO.C=Cc1cc(C(=O)O)c(-c2ccc(C(=O)NCC3CC3)nc2C(=O)OC(C)OC(=O)OC(C)C)cc1CO.CC(C)OC(=O)NC(=N)c1ccc(N)cc1.CC(C)OC(=O)Oc1ccc([N+](=O)[O-])cc1.N=C(N)c1ccc(N)cc1. The molecule has 2 heterocycles. The Bertz CT molecular complexity index is 5540. The van der Waals surface area contributed by atoms with Crippen molar-refractivity contribution in [3.63, 3.8) is 0 Å². The number of hydrogen-bond acceptors (Lipinski definition) is 32. The Morgan fingerprint density at radius 2 is 0.910 bits per heavy atom. The maximum atomic E-state index is 14.1. The van der Waals surface area contributed by atoms with Gasteiger partial charge < -0.3 is 95.9 Å². The van der Waals surface area contributed by atoms with E-state index in [1.807, 2.05) is 0 Å². The van der Waals surface area contributed by atoms with Gasteiger partial charge in [0.1, 0.15) is 28.8 Å². The first-order valence-electron chi connectivity index (χ1n) is 41.8. The summed E-state index contributed by atoms with van der Waals surface area (Å²) in [6.07, 6.45) is -1.42. The summed E-state index contributed by atoms with van der Waals surface area (Å²) >= 11 is 0. The molecule has 0 radical (unpaired) electrons. The number of nitrogens with zero attached hydrogens (tertiary/aromatic N) is 3. The van der Waals surface area contributed by atoms with Crippen LogP contribution in [0.4, 0.5) is 36.2 Å². The van der Waals surface area contributed by atoms with Gasteiger partial charge in [0.05, 0.1) is 60.6 Å². The van der Waals surface area contributed by atoms with E-state index in [1.54, 1.807) is 154 Å². The van der Waals surface area contributed by atoms with Crippen molar-refractivity contribution >= 4 is 113 Å². The Morgan fingerprint density at radius 1 is 0.504 bits per heavy atom. The Balaban J connectivity index is 0.000000291. The Hall–Kier alpha value is -15.6. The van der Waals surface area contributed by atoms with Crippen molar-refractivity contribution in [2.45, 2.75) is 178 Å². The predicted molar refractivity (Wildman–Crippen MR) is 490 cm³/mol. The van der Waals surface area contributed by atoms with Crippen molar-refractivity contribution in [3.8, 4) is 28.0 Å². The van der Waals surface area contributed by atoms with Gasteiger partial charge in [0.25, 0.3) is 17.5 Å². The number of carboxylic acid groups (broad SMARTS) is 1. The average molecular weight is 1840 g/mol. The number of Topliss-reactive ketones (excluding diaryl/α,β-unsaturated/α-hetero) is 1. The van der Waals surface area contributed by atoms with E-state index in [0.717, 1.165) is 25.7 Å². The molecule has 38 heteroatoms. The third kappa shape index (κ3) is 35.8. The number of nitrogens with two attached hydrogens (primary N) is 3. The number of aromatic nitrogens is 2. The van der Waals surface area contributed by atoms with Crippen LogP contribution < -0.4 is 37.9 Å². The number of carbonyl (C=O) groups excluding carboxylic acids is 10. The first-order valence-corrected chi connectivity index (χ1v) is 41.8. The smallest absolute Gasteiger partial charge is 0.478 e. The standard InChI is InChI=1S/C40H45N3O10.C27H30N2O9.C11H15N3O2.C10H11NO5.C7H9N3/c1-7-27-17-32(35(45)16-25-10-12-28(13-11-25)33(41)19-36(46)50-22(2)3)31(18-29(27)21-44)30-14-15-34(38(47)42-20-26-8-9-26)43-37(30)39(48)52-24(6)53-40(49)51-23(4)5;1-5-17-10-21(25(32)33)20(11-18(17)13-30)19-8-9-22(24(31)28-12-16-6-7-16)29-23(19)26(34)37-15(4)38-27(35)36-14(2)3;1-7(2)16-11(15)14-10(13)8-3-5-9(12)6-4-8;1-7(2)15-10(12)16-9-5-3-8(4-6-9)11(13)14;8-6-3-1-5(2-4-6)7(9)10/h7,10-15,17-18,22-24,26,41,44H,1,8-9,16,19-21H2,2-6H3,(H,42,47);5,8-11,14-16,30H,1,6-7,12-13H2,2-4H3,(H,28,31)(H,32,33);3-7H,12H2,1-2H3,(H2,13,14,15);3-7H,1-2H3;1-4H,8H2,(H3,9,10). The fraction of sp³-hybridized carbons (Fsp3) is 0.326. The Labute approximate surface area is 766 Å². The number of esters is 3. The predicted octanol–water partition coefficient (Wildman–Crippen LogP) is 14.8. The van der Waals surface area contributed by atoms with Crippen LogP contribution in [0, 0.1) is 38.2 Å². The van der Waals surface area contributed by atoms with Crippen LogP contribution in [0.5, 0.6) is 5.75 Å². The minimum atomic E-state index is -1.40. The van der Waals surface area contributed by atoms with Crippen LogP contribution in [0.1, 0.15) is 222 Å². The van der Waals surface area contributed by atoms with Crippen molar-refractivity contribution in [2.24, 2.45) is 17.6 Å². The summed E-state index contributed by atoms with van der Waals surface area (Å²) in [5.41, 5.74) is 21.0. The number of non-ortho nitro benzene ring substituents is 1. The molecule has 2 saturated carbocycles. The van der Waals surface area contributed by atoms with Gasteiger partial charge >= 0.3 is 48.4 Å². The molecular formula is C95H110N12O26. The monoisotopic (exact) mass is 1830 g/mol. The zero-order valence-corrected chi connectivity index (χ0v) is 75.5. The summed E-state index contributed by atoms with van der Waals surface area (Å²) in [5, 5.41) is 71.1. The van der Waals surface area contributed by atoms with E-state index in [9.17, 15) is 78.2 Å². The van der Waals surface area contributed by atoms with E-state index in [-0.39, 0.29) is 122 Å². The van der Waals surface area contributed by atoms with Crippen molar-refractivity contribution in [2.75, 3.05) is 24.6 Å². The van der Waals surface area contributed by atoms with E-state index in [0.29, 0.717) is 80.8 Å². The zero-order chi connectivity index (χ0) is 98.6. The van der Waals surface area contributed by atoms with Gasteiger partial charge in [0.2, 0.25) is 12.6 Å². The van der Waals surface area contributed by atoms with Crippen LogP contribution in [0.15, 0.2) is 159 Å². The molecule has 133 heavy (non-hydrogen) atoms. The number of aliphatic hydroxyl groups is 2. The molecule has 6 aromatic carbocycles. The fourth-order valence-corrected chi connectivity index (χ4v) is 11.6. The second-order valence-electron chi connectivity index (χ2n) is 31.1. The molecule has 2 atom stereocenters. The second-order valence-corrected chi connectivity index (χ2v) is 31.1. The number of pyridine rings is 2. The molecule has 0 saturated heterocycles. The lowest BCUT2D eigenvalue weighted by Crippen LogP contribution is -2.32. The number of hydrogen-bond donors (Lipinski definition) is 12. The highest BCUT2D eigenvalue weighted by molar-refractivity contribution is 6.10. The quantitative estimate of drug-likeness (QED) is 0.00170. The van der Waals surface area contributed by atoms with Gasteiger partial charge in [0.15, 0.2) is 17.2 Å². The number of amidine groups is 2. The van der Waals surface area contributed by atoms with Crippen LogP contribution in [0.25, 0.3) is 34.4 Å². The number of benzene rings is 6. The number of nitrogens with one attached hydrogen (secondary N) is 6. The lowest BCUT2D eigenvalue weighted by molar-refractivity contribution is -0.384. The molecule has 2 unspecified atom stereocenters. The van der Waals surface area contributed by atoms with Gasteiger partial charge in [-0.25, -0.2) is 43.5 Å². The Morgan fingerprint density at radius 3 is 1.30 bits per heavy atom. The number of amides is 3. The van der Waals surface area contributed by atoms with Crippen LogP contribution in [-0.2, 0) is 67.1 Å². The van der Waals surface area contributed by atoms with Crippen LogP contribution in [-0.4, -0.2) is 170 Å². The number of aliphatic hydroxyl groups excluding tert-OH is 2. The molecule has 0 bridgehead atoms. The number of carbonyl (C=O) groups is 11. The number of rotatable bonds is 34. The summed E-state index contributed by atoms with van der Waals surface area (Å²) in [6, 6.07) is 36.8. The van der Waals surface area contributed by atoms with Gasteiger partial charge in [-0.1, -0.05) is 49.6 Å². The van der Waals surface area contributed by atoms with Crippen molar-refractivity contribution < 1.29 is 120 Å². The summed E-state index contributed by atoms with van der Waals surface area (Å²) in [5.74, 6) is -4.26. The fourth-order valence-electron chi connectivity index (χ4n) is 11.6. The largest absolute Gasteiger partial charge is 0.514 e. The van der Waals surface area contributed by atoms with Crippen LogP contribution in [0.2, 0.25) is 0 Å². The highest BCUT2D eigenvalue weighted by Crippen LogP contribution is 2.36. The minimum Gasteiger partial charge on any atom is -0.478 e. The van der Waals surface area contributed by atoms with Crippen molar-refractivity contribution in [1.29, 1.82) is 16.2 Å². The highest BCUT2D eigenvalue weighted by atomic mass is 16.8. The lowest BCUT2D eigenvalue weighted by Gasteiger charge is -2.18. The summed E-state index contributed by atoms with van der Waals surface area (Å²) in [6.45, 7) is 27.0. The first-order chi connectivity index (χ1) is 62.9. The Kier molecular flexibility index (Phi) is 41.2. The topological polar surface area (TPSA) is 595 Å². The first kappa shape index (κ1) is 106. The molecule has 2 aliphatic rings. The molecule has 8 aromatic rings. The second kappa shape index (κ2) is 51.6. The highest BCUT2D eigenvalue weighted by Gasteiger charge is 2.32. The van der Waals surface area contributed by atoms with E-state index in [1.165, 1.54) is 86.7 Å². The van der Waals surface area contributed by atoms with E-state index < -0.39 is 103 Å². The van der Waals surface area contributed by atoms with Gasteiger partial charge in [-0.05, 0) is 260 Å². The average Bonchev–Trinajstić information content (AvgIpc) is 1.72. The van der Waals surface area contributed by atoms with Gasteiger partial charge in [-0.2, -0.15) is 0 Å². The molecule has 2 aromatic heterocycles. The molecule has 0 aliphatic heterocycles. The molecule has 15 N–H and O–H groups in total. The van der Waals surface area contributed by atoms with Gasteiger partial charge in [-0.3, -0.25) is 45.4 Å². The number of aromatic carboxylic acids is 1. The van der Waals surface area contributed by atoms with Crippen molar-refractivity contribution in [3.05, 3.63) is 247 Å².